The molecule has 3 rings (SSSR count). The van der Waals surface area contributed by atoms with E-state index in [0.29, 0.717) is 6.61 Å². The molecule has 2 heterocycles. The van der Waals surface area contributed by atoms with Gasteiger partial charge in [0.25, 0.3) is 0 Å². The van der Waals surface area contributed by atoms with Crippen molar-refractivity contribution in [3.05, 3.63) is 23.8 Å². The summed E-state index contributed by atoms with van der Waals surface area (Å²) in [5.41, 5.74) is 1.29. The topological polar surface area (TPSA) is 27.7 Å². The van der Waals surface area contributed by atoms with Gasteiger partial charge in [0.05, 0.1) is 6.61 Å². The fourth-order valence-electron chi connectivity index (χ4n) is 3.05. The van der Waals surface area contributed by atoms with Crippen LogP contribution in [0.4, 0.5) is 0 Å². The van der Waals surface area contributed by atoms with Gasteiger partial charge >= 0.3 is 0 Å². The third-order valence-electron chi connectivity index (χ3n) is 4.43. The highest BCUT2D eigenvalue weighted by Crippen LogP contribution is 2.43. The minimum atomic E-state index is -0.131. The van der Waals surface area contributed by atoms with E-state index in [1.54, 1.807) is 0 Å². The van der Waals surface area contributed by atoms with E-state index in [2.05, 4.69) is 41.9 Å². The van der Waals surface area contributed by atoms with Crippen LogP contribution >= 0.6 is 15.9 Å². The zero-order valence-electron chi connectivity index (χ0n) is 12.8. The van der Waals surface area contributed by atoms with E-state index >= 15 is 0 Å². The number of halogens is 1. The zero-order chi connectivity index (χ0) is 14.9. The lowest BCUT2D eigenvalue weighted by Gasteiger charge is -2.35. The van der Waals surface area contributed by atoms with Crippen molar-refractivity contribution in [1.29, 1.82) is 0 Å². The molecule has 0 amide bonds. The Hall–Kier alpha value is -0.740. The van der Waals surface area contributed by atoms with Crippen LogP contribution in [-0.2, 0) is 11.2 Å². The molecule has 21 heavy (non-hydrogen) atoms. The molecule has 0 bridgehead atoms. The summed E-state index contributed by atoms with van der Waals surface area (Å²) < 4.78 is 17.7. The predicted molar refractivity (Wildman–Crippen MR) is 86.6 cm³/mol. The van der Waals surface area contributed by atoms with Crippen LogP contribution in [0.5, 0.6) is 11.5 Å². The zero-order valence-corrected chi connectivity index (χ0v) is 14.4. The summed E-state index contributed by atoms with van der Waals surface area (Å²) in [6, 6.07) is 6.21. The van der Waals surface area contributed by atoms with Crippen LogP contribution in [0.25, 0.3) is 0 Å². The molecule has 0 aromatic heterocycles. The molecule has 1 aromatic carbocycles. The molecule has 0 N–H and O–H groups in total. The Balaban J connectivity index is 1.73. The first-order valence-corrected chi connectivity index (χ1v) is 8.73. The Morgan fingerprint density at radius 2 is 2.00 bits per heavy atom. The number of fused-ring (bicyclic) bond motifs is 1. The van der Waals surface area contributed by atoms with E-state index in [1.807, 2.05) is 6.07 Å². The highest BCUT2D eigenvalue weighted by molar-refractivity contribution is 9.09. The van der Waals surface area contributed by atoms with Gasteiger partial charge in [0.15, 0.2) is 11.5 Å². The van der Waals surface area contributed by atoms with Gasteiger partial charge in [0, 0.05) is 35.9 Å². The van der Waals surface area contributed by atoms with Gasteiger partial charge in [0.1, 0.15) is 5.60 Å². The minimum Gasteiger partial charge on any atom is -0.489 e. The van der Waals surface area contributed by atoms with Crippen LogP contribution in [0.3, 0.4) is 0 Å². The SMILES string of the molecule is CC1(C)Cc2cccc(OCC3(CBr)CCOCC3)c2O1. The van der Waals surface area contributed by atoms with Crippen LogP contribution in [-0.4, -0.2) is 30.8 Å². The molecule has 1 saturated heterocycles. The van der Waals surface area contributed by atoms with Crippen LogP contribution in [0, 0.1) is 5.41 Å². The Morgan fingerprint density at radius 1 is 1.24 bits per heavy atom. The van der Waals surface area contributed by atoms with Crippen molar-refractivity contribution < 1.29 is 14.2 Å². The van der Waals surface area contributed by atoms with Crippen LogP contribution in [0.2, 0.25) is 0 Å². The second-order valence-corrected chi connectivity index (χ2v) is 7.38. The predicted octanol–water partition coefficient (Wildman–Crippen LogP) is 3.97. The lowest BCUT2D eigenvalue weighted by atomic mass is 9.83. The minimum absolute atomic E-state index is 0.131. The number of para-hydroxylation sites is 1. The molecule has 3 nitrogen and oxygen atoms in total. The van der Waals surface area contributed by atoms with Gasteiger partial charge in [-0.1, -0.05) is 28.1 Å². The van der Waals surface area contributed by atoms with Crippen molar-refractivity contribution >= 4 is 15.9 Å². The number of hydrogen-bond donors (Lipinski definition) is 0. The number of alkyl halides is 1. The maximum atomic E-state index is 6.17. The fourth-order valence-corrected chi connectivity index (χ4v) is 3.78. The summed E-state index contributed by atoms with van der Waals surface area (Å²) in [7, 11) is 0. The summed E-state index contributed by atoms with van der Waals surface area (Å²) >= 11 is 3.66. The number of ether oxygens (including phenoxy) is 3. The lowest BCUT2D eigenvalue weighted by molar-refractivity contribution is 0.00267. The van der Waals surface area contributed by atoms with Gasteiger partial charge in [0.2, 0.25) is 0 Å². The van der Waals surface area contributed by atoms with Crippen molar-refractivity contribution in [3.8, 4) is 11.5 Å². The molecule has 0 unspecified atom stereocenters. The maximum absolute atomic E-state index is 6.17. The Bertz CT molecular complexity index is 507. The van der Waals surface area contributed by atoms with E-state index in [4.69, 9.17) is 14.2 Å². The standard InChI is InChI=1S/C17H23BrO3/c1-16(2)10-13-4-3-5-14(15(13)21-16)20-12-17(11-18)6-8-19-9-7-17/h3-5H,6-12H2,1-2H3. The molecular weight excluding hydrogens is 332 g/mol. The molecule has 0 spiro atoms. The van der Waals surface area contributed by atoms with E-state index in [9.17, 15) is 0 Å². The molecule has 1 fully saturated rings. The molecule has 116 valence electrons. The number of hydrogen-bond acceptors (Lipinski definition) is 3. The summed E-state index contributed by atoms with van der Waals surface area (Å²) in [4.78, 5) is 0. The van der Waals surface area contributed by atoms with Crippen LogP contribution in [0.15, 0.2) is 18.2 Å². The third-order valence-corrected chi connectivity index (χ3v) is 5.62. The smallest absolute Gasteiger partial charge is 0.165 e. The highest BCUT2D eigenvalue weighted by atomic mass is 79.9. The lowest BCUT2D eigenvalue weighted by Crippen LogP contribution is -2.36. The second-order valence-electron chi connectivity index (χ2n) is 6.82. The summed E-state index contributed by atoms with van der Waals surface area (Å²) in [5.74, 6) is 1.81. The molecule has 0 aliphatic carbocycles. The molecule has 2 aliphatic heterocycles. The maximum Gasteiger partial charge on any atom is 0.165 e. The second kappa shape index (κ2) is 5.81. The highest BCUT2D eigenvalue weighted by Gasteiger charge is 2.35. The normalized spacial score (nSPS) is 22.4. The van der Waals surface area contributed by atoms with E-state index in [1.165, 1.54) is 5.56 Å². The van der Waals surface area contributed by atoms with E-state index < -0.39 is 0 Å². The van der Waals surface area contributed by atoms with Gasteiger partial charge in [-0.2, -0.15) is 0 Å². The first-order valence-electron chi connectivity index (χ1n) is 7.61. The quantitative estimate of drug-likeness (QED) is 0.765. The van der Waals surface area contributed by atoms with Crippen LogP contribution < -0.4 is 9.47 Å². The number of rotatable bonds is 4. The first kappa shape index (κ1) is 15.2. The third kappa shape index (κ3) is 3.21. The molecule has 2 aliphatic rings. The largest absolute Gasteiger partial charge is 0.489 e. The van der Waals surface area contributed by atoms with Gasteiger partial charge in [-0.05, 0) is 32.8 Å². The molecule has 4 heteroatoms. The molecule has 1 aromatic rings. The van der Waals surface area contributed by atoms with Crippen molar-refractivity contribution in [3.63, 3.8) is 0 Å². The first-order chi connectivity index (χ1) is 10.0. The molecular formula is C17H23BrO3. The molecule has 0 atom stereocenters. The summed E-state index contributed by atoms with van der Waals surface area (Å²) in [6.07, 6.45) is 3.02. The molecule has 0 saturated carbocycles. The average Bonchev–Trinajstić information content (AvgIpc) is 2.80. The Labute approximate surface area is 135 Å². The Kier molecular flexibility index (Phi) is 4.19. The van der Waals surface area contributed by atoms with Crippen molar-refractivity contribution in [2.75, 3.05) is 25.2 Å². The average molecular weight is 355 g/mol. The number of benzene rings is 1. The van der Waals surface area contributed by atoms with E-state index in [0.717, 1.165) is 49.3 Å². The molecule has 0 radical (unpaired) electrons. The van der Waals surface area contributed by atoms with Crippen molar-refractivity contribution in [2.24, 2.45) is 5.41 Å². The van der Waals surface area contributed by atoms with Crippen LogP contribution in [0.1, 0.15) is 32.3 Å². The van der Waals surface area contributed by atoms with Gasteiger partial charge in [-0.25, -0.2) is 0 Å². The van der Waals surface area contributed by atoms with Gasteiger partial charge in [-0.3, -0.25) is 0 Å². The summed E-state index contributed by atoms with van der Waals surface area (Å²) in [5, 5.41) is 0.949. The monoisotopic (exact) mass is 354 g/mol. The summed E-state index contributed by atoms with van der Waals surface area (Å²) in [6.45, 7) is 6.60. The van der Waals surface area contributed by atoms with Gasteiger partial charge < -0.3 is 14.2 Å². The van der Waals surface area contributed by atoms with E-state index in [-0.39, 0.29) is 11.0 Å². The van der Waals surface area contributed by atoms with Crippen molar-refractivity contribution in [2.45, 2.75) is 38.7 Å². The van der Waals surface area contributed by atoms with Gasteiger partial charge in [-0.15, -0.1) is 0 Å². The van der Waals surface area contributed by atoms with Crippen molar-refractivity contribution in [1.82, 2.24) is 0 Å². The Morgan fingerprint density at radius 3 is 2.71 bits per heavy atom. The fraction of sp³-hybridized carbons (Fsp3) is 0.647.